The molecule has 1 aliphatic heterocycles. The highest BCUT2D eigenvalue weighted by Crippen LogP contribution is 2.36. The third-order valence-corrected chi connectivity index (χ3v) is 6.44. The van der Waals surface area contributed by atoms with Gasteiger partial charge in [0.1, 0.15) is 18.0 Å². The number of carbonyl (C=O) groups excluding carboxylic acids is 1. The summed E-state index contributed by atoms with van der Waals surface area (Å²) in [4.78, 5) is 11.2. The summed E-state index contributed by atoms with van der Waals surface area (Å²) in [7, 11) is 0. The van der Waals surface area contributed by atoms with Gasteiger partial charge in [0.2, 0.25) is 5.91 Å². The van der Waals surface area contributed by atoms with Gasteiger partial charge in [-0.05, 0) is 35.9 Å². The predicted molar refractivity (Wildman–Crippen MR) is 116 cm³/mol. The van der Waals surface area contributed by atoms with Crippen molar-refractivity contribution < 1.29 is 30.0 Å². The molecule has 0 aromatic heterocycles. The Morgan fingerprint density at radius 3 is 2.43 bits per heavy atom. The summed E-state index contributed by atoms with van der Waals surface area (Å²) < 4.78 is 5.97. The number of aliphatic hydroxyl groups is 4. The van der Waals surface area contributed by atoms with Crippen molar-refractivity contribution in [2.75, 3.05) is 11.9 Å². The number of carbonyl (C=O) groups is 1. The van der Waals surface area contributed by atoms with Crippen LogP contribution in [0.4, 0.5) is 5.69 Å². The van der Waals surface area contributed by atoms with Crippen molar-refractivity contribution in [1.29, 1.82) is 0 Å². The van der Waals surface area contributed by atoms with Gasteiger partial charge in [0, 0.05) is 29.6 Å². The number of hydrogen-bond donors (Lipinski definition) is 5. The van der Waals surface area contributed by atoms with E-state index in [1.165, 1.54) is 6.92 Å². The van der Waals surface area contributed by atoms with Crippen LogP contribution < -0.4 is 10.1 Å². The molecule has 0 unspecified atom stereocenters. The summed E-state index contributed by atoms with van der Waals surface area (Å²) in [6, 6.07) is 12.5. The Hall–Kier alpha value is -1.81. The van der Waals surface area contributed by atoms with Crippen LogP contribution in [0.1, 0.15) is 18.1 Å². The molecule has 9 heteroatoms. The molecule has 0 bridgehead atoms. The van der Waals surface area contributed by atoms with Crippen LogP contribution >= 0.6 is 23.4 Å². The number of rotatable bonds is 6. The second-order valence-corrected chi connectivity index (χ2v) is 8.90. The maximum Gasteiger partial charge on any atom is 0.221 e. The maximum atomic E-state index is 11.2. The Balaban J connectivity index is 1.79. The van der Waals surface area contributed by atoms with Gasteiger partial charge in [0.05, 0.1) is 18.0 Å². The number of nitrogens with one attached hydrogen (secondary N) is 1. The molecule has 5 atom stereocenters. The first kappa shape index (κ1) is 22.9. The normalized spacial score (nSPS) is 26.3. The second-order valence-electron chi connectivity index (χ2n) is 7.12. The molecular weight excluding hydrogens is 430 g/mol. The highest BCUT2D eigenvalue weighted by molar-refractivity contribution is 8.00. The lowest BCUT2D eigenvalue weighted by Crippen LogP contribution is -2.55. The van der Waals surface area contributed by atoms with Crippen LogP contribution in [0.25, 0.3) is 0 Å². The summed E-state index contributed by atoms with van der Waals surface area (Å²) in [6.45, 7) is 1.09. The number of amides is 1. The highest BCUT2D eigenvalue weighted by atomic mass is 35.5. The lowest BCUT2D eigenvalue weighted by molar-refractivity contribution is -0.114. The van der Waals surface area contributed by atoms with Crippen LogP contribution in [0.15, 0.2) is 42.5 Å². The van der Waals surface area contributed by atoms with E-state index in [0.717, 1.165) is 22.9 Å². The van der Waals surface area contributed by atoms with Crippen molar-refractivity contribution >= 4 is 35.0 Å². The number of hydrogen-bond acceptors (Lipinski definition) is 7. The molecule has 0 radical (unpaired) electrons. The van der Waals surface area contributed by atoms with Gasteiger partial charge in [-0.25, -0.2) is 0 Å². The van der Waals surface area contributed by atoms with Crippen molar-refractivity contribution in [3.8, 4) is 5.75 Å². The van der Waals surface area contributed by atoms with Crippen LogP contribution in [0.5, 0.6) is 5.75 Å². The van der Waals surface area contributed by atoms with Crippen molar-refractivity contribution in [3.63, 3.8) is 0 Å². The van der Waals surface area contributed by atoms with Crippen molar-refractivity contribution in [1.82, 2.24) is 0 Å². The van der Waals surface area contributed by atoms with Crippen LogP contribution in [0.3, 0.4) is 0 Å². The monoisotopic (exact) mass is 453 g/mol. The Labute approximate surface area is 183 Å². The number of benzene rings is 2. The molecule has 0 aliphatic carbocycles. The van der Waals surface area contributed by atoms with Crippen molar-refractivity contribution in [2.45, 2.75) is 42.3 Å². The minimum Gasteiger partial charge on any atom is -0.477 e. The topological polar surface area (TPSA) is 119 Å². The molecule has 3 rings (SSSR count). The van der Waals surface area contributed by atoms with E-state index < -0.39 is 29.0 Å². The molecule has 1 saturated heterocycles. The fraction of sp³-hybridized carbons (Fsp3) is 0.381. The zero-order chi connectivity index (χ0) is 21.8. The predicted octanol–water partition coefficient (Wildman–Crippen LogP) is 1.78. The first-order valence-corrected chi connectivity index (χ1v) is 10.7. The summed E-state index contributed by atoms with van der Waals surface area (Å²) in [5.41, 5.74) is 1.54. The number of anilines is 1. The molecule has 30 heavy (non-hydrogen) atoms. The van der Waals surface area contributed by atoms with Gasteiger partial charge in [-0.3, -0.25) is 4.79 Å². The van der Waals surface area contributed by atoms with Crippen molar-refractivity contribution in [2.24, 2.45) is 0 Å². The highest BCUT2D eigenvalue weighted by Gasteiger charge is 2.44. The molecule has 1 fully saturated rings. The molecule has 162 valence electrons. The molecule has 2 aromatic carbocycles. The maximum absolute atomic E-state index is 11.2. The molecule has 1 heterocycles. The molecule has 0 spiro atoms. The Morgan fingerprint density at radius 2 is 1.80 bits per heavy atom. The first-order chi connectivity index (χ1) is 14.3. The lowest BCUT2D eigenvalue weighted by Gasteiger charge is -2.39. The fourth-order valence-electron chi connectivity index (χ4n) is 3.22. The zero-order valence-corrected chi connectivity index (χ0v) is 17.8. The van der Waals surface area contributed by atoms with Crippen LogP contribution in [0, 0.1) is 0 Å². The zero-order valence-electron chi connectivity index (χ0n) is 16.2. The third kappa shape index (κ3) is 5.46. The summed E-state index contributed by atoms with van der Waals surface area (Å²) >= 11 is 7.23. The Kier molecular flexibility index (Phi) is 7.62. The quantitative estimate of drug-likeness (QED) is 0.452. The van der Waals surface area contributed by atoms with E-state index in [0.29, 0.717) is 22.9 Å². The number of ether oxygens (including phenoxy) is 1. The molecule has 0 saturated carbocycles. The van der Waals surface area contributed by atoms with Crippen LogP contribution in [-0.4, -0.2) is 61.9 Å². The van der Waals surface area contributed by atoms with E-state index in [2.05, 4.69) is 5.32 Å². The fourth-order valence-corrected chi connectivity index (χ4v) is 4.65. The minimum absolute atomic E-state index is 0.148. The smallest absolute Gasteiger partial charge is 0.221 e. The summed E-state index contributed by atoms with van der Waals surface area (Å²) in [5.74, 6) is 0.326. The second kappa shape index (κ2) is 10.00. The van der Waals surface area contributed by atoms with E-state index in [1.807, 2.05) is 12.1 Å². The number of thioether (sulfide) groups is 1. The van der Waals surface area contributed by atoms with E-state index in [-0.39, 0.29) is 12.5 Å². The van der Waals surface area contributed by atoms with E-state index in [4.69, 9.17) is 16.3 Å². The Morgan fingerprint density at radius 1 is 1.10 bits per heavy atom. The average molecular weight is 454 g/mol. The summed E-state index contributed by atoms with van der Waals surface area (Å²) in [5, 5.41) is 42.4. The third-order valence-electron chi connectivity index (χ3n) is 4.78. The molecule has 2 aromatic rings. The first-order valence-electron chi connectivity index (χ1n) is 9.40. The SMILES string of the molecule is CC(=O)Nc1ccc(Cc2cc(Cl)ccc2O[C@H]2S[C@@H](CO)[C@@H](O)[C@H](O)[C@H]2O)cc1. The lowest BCUT2D eigenvalue weighted by atomic mass is 10.0. The molecule has 1 amide bonds. The number of halogens is 1. The van der Waals surface area contributed by atoms with Gasteiger partial charge in [-0.2, -0.15) is 0 Å². The molecular formula is C21H24ClNO6S. The van der Waals surface area contributed by atoms with Gasteiger partial charge < -0.3 is 30.5 Å². The number of aliphatic hydroxyl groups excluding tert-OH is 4. The van der Waals surface area contributed by atoms with Gasteiger partial charge in [0.15, 0.2) is 5.44 Å². The Bertz CT molecular complexity index is 878. The van der Waals surface area contributed by atoms with Gasteiger partial charge in [-0.1, -0.05) is 23.7 Å². The summed E-state index contributed by atoms with van der Waals surface area (Å²) in [6.07, 6.45) is -3.52. The van der Waals surface area contributed by atoms with E-state index >= 15 is 0 Å². The van der Waals surface area contributed by atoms with Crippen LogP contribution in [0.2, 0.25) is 5.02 Å². The minimum atomic E-state index is -1.43. The van der Waals surface area contributed by atoms with Crippen LogP contribution in [-0.2, 0) is 11.2 Å². The molecule has 1 aliphatic rings. The van der Waals surface area contributed by atoms with Gasteiger partial charge in [-0.15, -0.1) is 11.8 Å². The van der Waals surface area contributed by atoms with Gasteiger partial charge in [0.25, 0.3) is 0 Å². The molecule has 5 N–H and O–H groups in total. The van der Waals surface area contributed by atoms with Gasteiger partial charge >= 0.3 is 0 Å². The average Bonchev–Trinajstić information content (AvgIpc) is 2.71. The van der Waals surface area contributed by atoms with E-state index in [9.17, 15) is 25.2 Å². The molecule has 7 nitrogen and oxygen atoms in total. The standard InChI is InChI=1S/C21H24ClNO6S/c1-11(25)23-15-5-2-12(3-6-15)8-13-9-14(22)4-7-16(13)29-21-20(28)19(27)18(26)17(10-24)30-21/h2-7,9,17-21,24,26-28H,8,10H2,1H3,(H,23,25)/t17-,18+,19-,20+,21-/m0/s1. The van der Waals surface area contributed by atoms with E-state index in [1.54, 1.807) is 30.3 Å². The largest absolute Gasteiger partial charge is 0.477 e. The van der Waals surface area contributed by atoms with Crippen molar-refractivity contribution in [3.05, 3.63) is 58.6 Å².